The van der Waals surface area contributed by atoms with E-state index in [0.29, 0.717) is 5.92 Å². The number of nitrogens with zero attached hydrogens (tertiary/aromatic N) is 6. The van der Waals surface area contributed by atoms with Gasteiger partial charge in [-0.15, -0.1) is 5.10 Å². The second kappa shape index (κ2) is 4.99. The third-order valence-corrected chi connectivity index (χ3v) is 4.52. The highest BCUT2D eigenvalue weighted by Gasteiger charge is 2.26. The van der Waals surface area contributed by atoms with Gasteiger partial charge in [0.25, 0.3) is 0 Å². The standard InChI is InChI=1S/C18H16N6/c1-12-18(21-22-24(12)15-3-2-8-19-9-15)14-6-7-17-20-16(13-4-5-13)11-23(17)10-14/h2-3,6-11,13H,4-5H2,1H3. The van der Waals surface area contributed by atoms with E-state index in [9.17, 15) is 0 Å². The van der Waals surface area contributed by atoms with Crippen LogP contribution >= 0.6 is 0 Å². The summed E-state index contributed by atoms with van der Waals surface area (Å²) < 4.78 is 3.90. The van der Waals surface area contributed by atoms with Crippen LogP contribution in [0.1, 0.15) is 30.1 Å². The van der Waals surface area contributed by atoms with E-state index in [2.05, 4.69) is 38.2 Å². The third kappa shape index (κ3) is 2.11. The summed E-state index contributed by atoms with van der Waals surface area (Å²) in [6.07, 6.45) is 10.3. The molecule has 24 heavy (non-hydrogen) atoms. The van der Waals surface area contributed by atoms with Crippen molar-refractivity contribution in [3.63, 3.8) is 0 Å². The summed E-state index contributed by atoms with van der Waals surface area (Å²) in [7, 11) is 0. The summed E-state index contributed by atoms with van der Waals surface area (Å²) in [4.78, 5) is 8.85. The van der Waals surface area contributed by atoms with Crippen LogP contribution in [0, 0.1) is 6.92 Å². The van der Waals surface area contributed by atoms with E-state index in [-0.39, 0.29) is 0 Å². The van der Waals surface area contributed by atoms with Gasteiger partial charge in [0.15, 0.2) is 0 Å². The van der Waals surface area contributed by atoms with E-state index in [1.165, 1.54) is 18.5 Å². The highest BCUT2D eigenvalue weighted by molar-refractivity contribution is 5.63. The molecular weight excluding hydrogens is 300 g/mol. The first kappa shape index (κ1) is 13.4. The van der Waals surface area contributed by atoms with Crippen molar-refractivity contribution in [2.24, 2.45) is 0 Å². The summed E-state index contributed by atoms with van der Waals surface area (Å²) in [6, 6.07) is 7.97. The van der Waals surface area contributed by atoms with Crippen molar-refractivity contribution in [1.29, 1.82) is 0 Å². The molecule has 4 aromatic rings. The van der Waals surface area contributed by atoms with Gasteiger partial charge in [0.2, 0.25) is 0 Å². The van der Waals surface area contributed by atoms with Crippen LogP contribution in [0.25, 0.3) is 22.6 Å². The van der Waals surface area contributed by atoms with Gasteiger partial charge in [-0.25, -0.2) is 9.67 Å². The molecule has 4 aromatic heterocycles. The van der Waals surface area contributed by atoms with Crippen LogP contribution in [0.5, 0.6) is 0 Å². The van der Waals surface area contributed by atoms with Gasteiger partial charge in [0.05, 0.1) is 23.3 Å². The molecule has 6 nitrogen and oxygen atoms in total. The van der Waals surface area contributed by atoms with Crippen LogP contribution in [0.15, 0.2) is 49.1 Å². The topological polar surface area (TPSA) is 60.9 Å². The van der Waals surface area contributed by atoms with Gasteiger partial charge in [0.1, 0.15) is 11.3 Å². The first-order valence-electron chi connectivity index (χ1n) is 8.11. The van der Waals surface area contributed by atoms with Crippen molar-refractivity contribution < 1.29 is 0 Å². The monoisotopic (exact) mass is 316 g/mol. The number of hydrogen-bond acceptors (Lipinski definition) is 4. The van der Waals surface area contributed by atoms with Crippen LogP contribution in [-0.2, 0) is 0 Å². The van der Waals surface area contributed by atoms with Crippen LogP contribution in [-0.4, -0.2) is 29.4 Å². The molecule has 118 valence electrons. The van der Waals surface area contributed by atoms with E-state index in [1.807, 2.05) is 29.8 Å². The van der Waals surface area contributed by atoms with Crippen molar-refractivity contribution >= 4 is 5.65 Å². The second-order valence-corrected chi connectivity index (χ2v) is 6.27. The summed E-state index contributed by atoms with van der Waals surface area (Å²) in [6.45, 7) is 2.02. The van der Waals surface area contributed by atoms with Crippen LogP contribution in [0.4, 0.5) is 0 Å². The van der Waals surface area contributed by atoms with Crippen molar-refractivity contribution in [3.05, 3.63) is 60.4 Å². The lowest BCUT2D eigenvalue weighted by Gasteiger charge is -2.03. The molecule has 1 fully saturated rings. The Morgan fingerprint density at radius 3 is 2.83 bits per heavy atom. The predicted octanol–water partition coefficient (Wildman–Crippen LogP) is 3.16. The Kier molecular flexibility index (Phi) is 2.79. The molecule has 0 unspecified atom stereocenters. The van der Waals surface area contributed by atoms with Crippen molar-refractivity contribution in [3.8, 4) is 16.9 Å². The van der Waals surface area contributed by atoms with E-state index in [1.54, 1.807) is 12.4 Å². The van der Waals surface area contributed by atoms with Crippen LogP contribution in [0.3, 0.4) is 0 Å². The number of hydrogen-bond donors (Lipinski definition) is 0. The van der Waals surface area contributed by atoms with Crippen LogP contribution < -0.4 is 0 Å². The molecule has 0 bridgehead atoms. The van der Waals surface area contributed by atoms with E-state index < -0.39 is 0 Å². The molecule has 0 atom stereocenters. The Morgan fingerprint density at radius 1 is 1.12 bits per heavy atom. The maximum Gasteiger partial charge on any atom is 0.137 e. The van der Waals surface area contributed by atoms with Gasteiger partial charge >= 0.3 is 0 Å². The number of imidazole rings is 1. The molecule has 1 aliphatic carbocycles. The lowest BCUT2D eigenvalue weighted by atomic mass is 10.2. The molecule has 6 heteroatoms. The molecule has 0 N–H and O–H groups in total. The Morgan fingerprint density at radius 2 is 2.04 bits per heavy atom. The normalized spacial score (nSPS) is 14.4. The molecule has 0 amide bonds. The molecule has 0 aromatic carbocycles. The van der Waals surface area contributed by atoms with E-state index >= 15 is 0 Å². The Hall–Kier alpha value is -3.02. The minimum absolute atomic E-state index is 0.654. The fourth-order valence-electron chi connectivity index (χ4n) is 3.05. The summed E-state index contributed by atoms with van der Waals surface area (Å²) >= 11 is 0. The molecule has 0 saturated heterocycles. The Balaban J connectivity index is 1.58. The van der Waals surface area contributed by atoms with Gasteiger partial charge in [-0.05, 0) is 44.0 Å². The van der Waals surface area contributed by atoms with Crippen LogP contribution in [0.2, 0.25) is 0 Å². The molecule has 1 aliphatic rings. The molecule has 0 spiro atoms. The number of pyridine rings is 2. The van der Waals surface area contributed by atoms with E-state index in [4.69, 9.17) is 4.98 Å². The van der Waals surface area contributed by atoms with Gasteiger partial charge in [-0.3, -0.25) is 4.98 Å². The summed E-state index contributed by atoms with van der Waals surface area (Å²) in [5.74, 6) is 0.654. The maximum absolute atomic E-state index is 4.70. The quantitative estimate of drug-likeness (QED) is 0.582. The lowest BCUT2D eigenvalue weighted by Crippen LogP contribution is -1.99. The summed E-state index contributed by atoms with van der Waals surface area (Å²) in [5.41, 5.74) is 6.00. The SMILES string of the molecule is Cc1c(-c2ccc3nc(C4CC4)cn3c2)nnn1-c1cccnc1. The predicted molar refractivity (Wildman–Crippen MR) is 90.1 cm³/mol. The largest absolute Gasteiger partial charge is 0.306 e. The van der Waals surface area contributed by atoms with Gasteiger partial charge in [-0.2, -0.15) is 0 Å². The fraction of sp³-hybridized carbons (Fsp3) is 0.222. The first-order chi connectivity index (χ1) is 11.8. The number of fused-ring (bicyclic) bond motifs is 1. The molecule has 0 aliphatic heterocycles. The maximum atomic E-state index is 4.70. The highest BCUT2D eigenvalue weighted by atomic mass is 15.4. The van der Waals surface area contributed by atoms with E-state index in [0.717, 1.165) is 28.3 Å². The third-order valence-electron chi connectivity index (χ3n) is 4.52. The van der Waals surface area contributed by atoms with Gasteiger partial charge in [0, 0.05) is 30.1 Å². The van der Waals surface area contributed by atoms with Gasteiger partial charge < -0.3 is 4.40 Å². The molecule has 5 rings (SSSR count). The lowest BCUT2D eigenvalue weighted by molar-refractivity contribution is 0.782. The smallest absolute Gasteiger partial charge is 0.137 e. The molecular formula is C18H16N6. The van der Waals surface area contributed by atoms with Gasteiger partial charge in [-0.1, -0.05) is 5.21 Å². The highest BCUT2D eigenvalue weighted by Crippen LogP contribution is 2.39. The summed E-state index contributed by atoms with van der Waals surface area (Å²) in [5, 5.41) is 8.66. The first-order valence-corrected chi connectivity index (χ1v) is 8.11. The molecule has 4 heterocycles. The zero-order chi connectivity index (χ0) is 16.1. The minimum Gasteiger partial charge on any atom is -0.306 e. The van der Waals surface area contributed by atoms with Crippen molar-refractivity contribution in [1.82, 2.24) is 29.4 Å². The van der Waals surface area contributed by atoms with Crippen molar-refractivity contribution in [2.45, 2.75) is 25.7 Å². The zero-order valence-corrected chi connectivity index (χ0v) is 13.3. The molecule has 1 saturated carbocycles. The Bertz CT molecular complexity index is 1030. The molecule has 0 radical (unpaired) electrons. The number of rotatable bonds is 3. The average molecular weight is 316 g/mol. The second-order valence-electron chi connectivity index (χ2n) is 6.27. The zero-order valence-electron chi connectivity index (χ0n) is 13.3. The van der Waals surface area contributed by atoms with Crippen molar-refractivity contribution in [2.75, 3.05) is 0 Å². The average Bonchev–Trinajstić information content (AvgIpc) is 3.27. The minimum atomic E-state index is 0.654. The number of aromatic nitrogens is 6. The Labute approximate surface area is 138 Å². The fourth-order valence-corrected chi connectivity index (χ4v) is 3.05.